The van der Waals surface area contributed by atoms with Crippen molar-refractivity contribution in [2.24, 2.45) is 56.7 Å². The van der Waals surface area contributed by atoms with Gasteiger partial charge < -0.3 is 4.74 Å². The van der Waals surface area contributed by atoms with Crippen molar-refractivity contribution in [2.45, 2.75) is 87.0 Å². The molecule has 2 unspecified atom stereocenters. The molecule has 0 heterocycles. The Hall–Kier alpha value is -1.71. The lowest BCUT2D eigenvalue weighted by atomic mass is 9.34. The number of fused-ring (bicyclic) bond motifs is 7. The number of hydrogen-bond acceptors (Lipinski definition) is 4. The lowest BCUT2D eigenvalue weighted by Gasteiger charge is -2.69. The normalized spacial score (nSPS) is 50.3. The molecular weight excluding hydrogens is 436 g/mol. The van der Waals surface area contributed by atoms with E-state index >= 15 is 0 Å². The van der Waals surface area contributed by atoms with E-state index in [0.29, 0.717) is 11.8 Å². The Labute approximate surface area is 211 Å². The van der Waals surface area contributed by atoms with Crippen molar-refractivity contribution < 1.29 is 19.1 Å². The summed E-state index contributed by atoms with van der Waals surface area (Å²) < 4.78 is 5.43. The van der Waals surface area contributed by atoms with Crippen LogP contribution in [-0.2, 0) is 19.1 Å². The summed E-state index contributed by atoms with van der Waals surface area (Å²) >= 11 is 0. The first kappa shape index (κ1) is 25.0. The fourth-order valence-corrected chi connectivity index (χ4v) is 10.2. The van der Waals surface area contributed by atoms with E-state index in [1.165, 1.54) is 12.7 Å². The Morgan fingerprint density at radius 2 is 1.66 bits per heavy atom. The summed E-state index contributed by atoms with van der Waals surface area (Å²) in [5.41, 5.74) is -0.496. The largest absolute Gasteiger partial charge is 0.469 e. The van der Waals surface area contributed by atoms with Crippen molar-refractivity contribution in [3.05, 3.63) is 23.8 Å². The highest BCUT2D eigenvalue weighted by Gasteiger charge is 2.71. The molecule has 0 aliphatic heterocycles. The van der Waals surface area contributed by atoms with Gasteiger partial charge in [-0.3, -0.25) is 14.4 Å². The molecule has 0 amide bonds. The first-order chi connectivity index (χ1) is 16.2. The molecule has 4 nitrogen and oxygen atoms in total. The molecule has 5 aliphatic rings. The van der Waals surface area contributed by atoms with Gasteiger partial charge in [0.1, 0.15) is 0 Å². The van der Waals surface area contributed by atoms with Crippen molar-refractivity contribution in [3.63, 3.8) is 0 Å². The number of rotatable bonds is 1. The van der Waals surface area contributed by atoms with Gasteiger partial charge in [0, 0.05) is 16.7 Å². The van der Waals surface area contributed by atoms with Crippen molar-refractivity contribution >= 4 is 17.5 Å². The molecule has 0 N–H and O–H groups in total. The average molecular weight is 481 g/mol. The number of ether oxygens (including phenoxy) is 1. The fraction of sp³-hybridized carbons (Fsp3) is 0.774. The number of carbonyl (C=O) groups is 3. The number of carbonyl (C=O) groups excluding carboxylic acids is 3. The standard InChI is InChI=1S/C31H44O4/c1-18-9-14-31(26(34)35-8)16-15-29(6)20(24(31)19(18)2)17-21(32)25-28(5)12-11-23(33)27(3,4)22(28)10-13-30(25,29)7/h11-12,17-19,22,24-25H,9-10,13-16H2,1-8H3/t18-,19+,22?,24+,25?,28+,29-,30-,31+/m1/s1. The van der Waals surface area contributed by atoms with Crippen molar-refractivity contribution in [1.82, 2.24) is 0 Å². The molecule has 35 heavy (non-hydrogen) atoms. The molecule has 0 radical (unpaired) electrons. The van der Waals surface area contributed by atoms with Crippen LogP contribution in [0.4, 0.5) is 0 Å². The molecule has 5 aliphatic carbocycles. The zero-order valence-corrected chi connectivity index (χ0v) is 23.0. The highest BCUT2D eigenvalue weighted by molar-refractivity contribution is 5.99. The predicted octanol–water partition coefficient (Wildman–Crippen LogP) is 6.34. The second-order valence-corrected chi connectivity index (χ2v) is 14.1. The van der Waals surface area contributed by atoms with Crippen LogP contribution in [0.15, 0.2) is 23.8 Å². The third-order valence-corrected chi connectivity index (χ3v) is 12.6. The molecule has 3 fully saturated rings. The Morgan fingerprint density at radius 1 is 0.971 bits per heavy atom. The van der Waals surface area contributed by atoms with Crippen LogP contribution in [0.5, 0.6) is 0 Å². The molecule has 4 heteroatoms. The van der Waals surface area contributed by atoms with Crippen LogP contribution in [0.2, 0.25) is 0 Å². The highest BCUT2D eigenvalue weighted by Crippen LogP contribution is 2.74. The van der Waals surface area contributed by atoms with Gasteiger partial charge in [0.25, 0.3) is 0 Å². The molecule has 0 aromatic heterocycles. The van der Waals surface area contributed by atoms with Gasteiger partial charge in [0.15, 0.2) is 11.6 Å². The summed E-state index contributed by atoms with van der Waals surface area (Å²) in [5.74, 6) is 1.16. The van der Waals surface area contributed by atoms with Gasteiger partial charge in [0.05, 0.1) is 12.5 Å². The average Bonchev–Trinajstić information content (AvgIpc) is 2.79. The van der Waals surface area contributed by atoms with Gasteiger partial charge in [0.2, 0.25) is 0 Å². The number of ketones is 2. The predicted molar refractivity (Wildman–Crippen MR) is 136 cm³/mol. The van der Waals surface area contributed by atoms with E-state index in [0.717, 1.165) is 38.5 Å². The van der Waals surface area contributed by atoms with Gasteiger partial charge in [-0.25, -0.2) is 0 Å². The summed E-state index contributed by atoms with van der Waals surface area (Å²) in [6.45, 7) is 15.7. The SMILES string of the molecule is COC(=O)[C@]12CC[C@@H](C)[C@H](C)[C@H]1C1=CC(=O)C3[C@@]4(C)C=CC(=O)C(C)(C)C4CC[C@@]3(C)[C@]1(C)CC2. The van der Waals surface area contributed by atoms with E-state index in [1.54, 1.807) is 6.08 Å². The van der Waals surface area contributed by atoms with Crippen molar-refractivity contribution in [3.8, 4) is 0 Å². The van der Waals surface area contributed by atoms with Crippen LogP contribution in [0.3, 0.4) is 0 Å². The van der Waals surface area contributed by atoms with Crippen LogP contribution in [0, 0.1) is 56.7 Å². The monoisotopic (exact) mass is 480 g/mol. The minimum absolute atomic E-state index is 0.0459. The summed E-state index contributed by atoms with van der Waals surface area (Å²) in [6.07, 6.45) is 11.3. The van der Waals surface area contributed by atoms with E-state index < -0.39 is 10.8 Å². The quantitative estimate of drug-likeness (QED) is 0.411. The van der Waals surface area contributed by atoms with Crippen LogP contribution in [-0.4, -0.2) is 24.6 Å². The van der Waals surface area contributed by atoms with E-state index in [1.807, 2.05) is 6.08 Å². The lowest BCUT2D eigenvalue weighted by Crippen LogP contribution is -2.66. The summed E-state index contributed by atoms with van der Waals surface area (Å²) in [6, 6.07) is 0. The Bertz CT molecular complexity index is 1050. The first-order valence-corrected chi connectivity index (χ1v) is 13.8. The molecule has 5 rings (SSSR count). The van der Waals surface area contributed by atoms with Gasteiger partial charge in [-0.05, 0) is 85.2 Å². The van der Waals surface area contributed by atoms with Gasteiger partial charge in [-0.2, -0.15) is 0 Å². The Balaban J connectivity index is 1.69. The maximum atomic E-state index is 14.3. The summed E-state index contributed by atoms with van der Waals surface area (Å²) in [5, 5.41) is 0. The molecule has 9 atom stereocenters. The van der Waals surface area contributed by atoms with Crippen LogP contribution < -0.4 is 0 Å². The van der Waals surface area contributed by atoms with E-state index in [9.17, 15) is 14.4 Å². The van der Waals surface area contributed by atoms with E-state index in [4.69, 9.17) is 4.74 Å². The minimum atomic E-state index is -0.518. The van der Waals surface area contributed by atoms with E-state index in [-0.39, 0.29) is 51.5 Å². The number of esters is 1. The second-order valence-electron chi connectivity index (χ2n) is 14.1. The Morgan fingerprint density at radius 3 is 2.31 bits per heavy atom. The highest BCUT2D eigenvalue weighted by atomic mass is 16.5. The van der Waals surface area contributed by atoms with Crippen LogP contribution in [0.25, 0.3) is 0 Å². The van der Waals surface area contributed by atoms with Crippen LogP contribution in [0.1, 0.15) is 87.0 Å². The lowest BCUT2D eigenvalue weighted by molar-refractivity contribution is -0.182. The van der Waals surface area contributed by atoms with Crippen molar-refractivity contribution in [2.75, 3.05) is 7.11 Å². The van der Waals surface area contributed by atoms with Crippen LogP contribution >= 0.6 is 0 Å². The number of hydrogen-bond donors (Lipinski definition) is 0. The molecule has 192 valence electrons. The molecule has 3 saturated carbocycles. The smallest absolute Gasteiger partial charge is 0.312 e. The minimum Gasteiger partial charge on any atom is -0.469 e. The molecule has 0 aromatic rings. The maximum absolute atomic E-state index is 14.3. The number of allylic oxidation sites excluding steroid dienone is 4. The molecule has 0 saturated heterocycles. The molecule has 0 bridgehead atoms. The van der Waals surface area contributed by atoms with Gasteiger partial charge >= 0.3 is 5.97 Å². The van der Waals surface area contributed by atoms with Gasteiger partial charge in [-0.1, -0.05) is 60.1 Å². The zero-order chi connectivity index (χ0) is 25.8. The summed E-state index contributed by atoms with van der Waals surface area (Å²) in [4.78, 5) is 40.5. The maximum Gasteiger partial charge on any atom is 0.312 e. The van der Waals surface area contributed by atoms with Gasteiger partial charge in [-0.15, -0.1) is 0 Å². The topological polar surface area (TPSA) is 60.4 Å². The third kappa shape index (κ3) is 2.83. The number of methoxy groups -OCH3 is 1. The van der Waals surface area contributed by atoms with Crippen molar-refractivity contribution in [1.29, 1.82) is 0 Å². The molecule has 0 aromatic carbocycles. The Kier molecular flexibility index (Phi) is 5.29. The first-order valence-electron chi connectivity index (χ1n) is 13.8. The summed E-state index contributed by atoms with van der Waals surface area (Å²) in [7, 11) is 1.52. The van der Waals surface area contributed by atoms with E-state index in [2.05, 4.69) is 54.5 Å². The molecular formula is C31H44O4. The second kappa shape index (κ2) is 7.42. The zero-order valence-electron chi connectivity index (χ0n) is 23.0. The fourth-order valence-electron chi connectivity index (χ4n) is 10.2. The molecule has 0 spiro atoms. The third-order valence-electron chi connectivity index (χ3n) is 12.6.